The number of hydrogen-bond acceptors (Lipinski definition) is 8. The molecule has 4 rings (SSSR count). The lowest BCUT2D eigenvalue weighted by molar-refractivity contribution is 0.0391. The quantitative estimate of drug-likeness (QED) is 0.0897. The predicted octanol–water partition coefficient (Wildman–Crippen LogP) is 8.13. The summed E-state index contributed by atoms with van der Waals surface area (Å²) in [5.74, 6) is -3.28. The Hall–Kier alpha value is -5.24. The zero-order valence-corrected chi connectivity index (χ0v) is 26.8. The van der Waals surface area contributed by atoms with Crippen molar-refractivity contribution in [2.45, 2.75) is 59.4 Å². The minimum Gasteiger partial charge on any atom is -0.462 e. The van der Waals surface area contributed by atoms with Gasteiger partial charge in [0, 0.05) is 0 Å². The third-order valence-corrected chi connectivity index (χ3v) is 7.67. The van der Waals surface area contributed by atoms with Gasteiger partial charge in [-0.15, -0.1) is 0 Å². The maximum atomic E-state index is 13.6. The predicted molar refractivity (Wildman–Crippen MR) is 177 cm³/mol. The van der Waals surface area contributed by atoms with Crippen LogP contribution in [0.1, 0.15) is 97.7 Å². The number of ether oxygens (including phenoxy) is 4. The van der Waals surface area contributed by atoms with Gasteiger partial charge in [0.25, 0.3) is 0 Å². The summed E-state index contributed by atoms with van der Waals surface area (Å²) in [4.78, 5) is 54.1. The summed E-state index contributed by atoms with van der Waals surface area (Å²) in [7, 11) is 0. The maximum absolute atomic E-state index is 13.6. The highest BCUT2D eigenvalue weighted by Crippen LogP contribution is 2.24. The molecule has 0 amide bonds. The van der Waals surface area contributed by atoms with E-state index in [-0.39, 0.29) is 54.6 Å². The van der Waals surface area contributed by atoms with E-state index in [2.05, 4.69) is 6.92 Å². The van der Waals surface area contributed by atoms with Crippen molar-refractivity contribution in [3.05, 3.63) is 142 Å². The van der Waals surface area contributed by atoms with Gasteiger partial charge in [0.05, 0.1) is 28.9 Å². The molecule has 1 atom stereocenters. The highest BCUT2D eigenvalue weighted by atomic mass is 16.5. The van der Waals surface area contributed by atoms with Gasteiger partial charge in [-0.3, -0.25) is 0 Å². The Morgan fingerprint density at radius 2 is 0.851 bits per heavy atom. The van der Waals surface area contributed by atoms with Gasteiger partial charge in [0.1, 0.15) is 19.8 Å². The van der Waals surface area contributed by atoms with Crippen LogP contribution in [0.3, 0.4) is 0 Å². The van der Waals surface area contributed by atoms with Gasteiger partial charge in [-0.1, -0.05) is 124 Å². The Morgan fingerprint density at radius 3 is 1.17 bits per heavy atom. The highest BCUT2D eigenvalue weighted by molar-refractivity contribution is 6.10. The number of rotatable bonds is 16. The molecule has 4 aromatic carbocycles. The molecule has 0 saturated heterocycles. The molecule has 8 nitrogen and oxygen atoms in total. The molecule has 0 aromatic heterocycles. The van der Waals surface area contributed by atoms with Crippen molar-refractivity contribution >= 4 is 23.9 Å². The molecule has 0 bridgehead atoms. The Balaban J connectivity index is 1.70. The third-order valence-electron chi connectivity index (χ3n) is 7.67. The Morgan fingerprint density at radius 1 is 0.511 bits per heavy atom. The minimum absolute atomic E-state index is 0.0717. The second-order valence-electron chi connectivity index (χ2n) is 11.1. The SMILES string of the molecule is CCCCC(CC)COC(=O)c1cc(C(=O)OCc2ccccc2)c(C(=O)OCc2ccccc2)cc1C(=O)OCc1ccccc1. The molecule has 8 heteroatoms. The van der Waals surface area contributed by atoms with Gasteiger partial charge in [0.15, 0.2) is 0 Å². The zero-order chi connectivity index (χ0) is 33.4. The number of unbranched alkanes of at least 4 members (excludes halogenated alkanes) is 1. The standard InChI is InChI=1S/C39H40O8/c1-3-5-15-28(4-2)24-44-36(40)32-22-34(38(42)46-26-30-18-11-7-12-19-30)35(39(43)47-27-31-20-13-8-14-21-31)23-33(32)37(41)45-25-29-16-9-6-10-17-29/h6-14,16-23,28H,3-5,15,24-27H2,1-2H3. The molecule has 0 spiro atoms. The molecular formula is C39H40O8. The minimum atomic E-state index is -0.872. The largest absolute Gasteiger partial charge is 0.462 e. The smallest absolute Gasteiger partial charge is 0.339 e. The molecule has 244 valence electrons. The number of esters is 4. The second-order valence-corrected chi connectivity index (χ2v) is 11.1. The summed E-state index contributed by atoms with van der Waals surface area (Å²) in [6.45, 7) is 4.04. The van der Waals surface area contributed by atoms with E-state index in [1.165, 1.54) is 6.07 Å². The highest BCUT2D eigenvalue weighted by Gasteiger charge is 2.29. The molecule has 0 aliphatic heterocycles. The molecular weight excluding hydrogens is 596 g/mol. The van der Waals surface area contributed by atoms with Crippen molar-refractivity contribution in [3.63, 3.8) is 0 Å². The van der Waals surface area contributed by atoms with E-state index in [0.29, 0.717) is 0 Å². The molecule has 4 aromatic rings. The molecule has 0 fully saturated rings. The van der Waals surface area contributed by atoms with E-state index in [9.17, 15) is 19.2 Å². The van der Waals surface area contributed by atoms with Crippen LogP contribution in [0.2, 0.25) is 0 Å². The second kappa shape index (κ2) is 18.0. The fraction of sp³-hybridized carbons (Fsp3) is 0.282. The average Bonchev–Trinajstić information content (AvgIpc) is 3.12. The third kappa shape index (κ3) is 10.4. The van der Waals surface area contributed by atoms with Crippen LogP contribution in [0, 0.1) is 5.92 Å². The lowest BCUT2D eigenvalue weighted by atomic mass is 9.97. The first-order valence-corrected chi connectivity index (χ1v) is 15.9. The van der Waals surface area contributed by atoms with Gasteiger partial charge in [-0.05, 0) is 41.2 Å². The topological polar surface area (TPSA) is 105 Å². The van der Waals surface area contributed by atoms with Crippen molar-refractivity contribution in [2.75, 3.05) is 6.61 Å². The molecule has 0 saturated carbocycles. The van der Waals surface area contributed by atoms with Crippen LogP contribution >= 0.6 is 0 Å². The van der Waals surface area contributed by atoms with E-state index in [4.69, 9.17) is 18.9 Å². The molecule has 47 heavy (non-hydrogen) atoms. The van der Waals surface area contributed by atoms with Crippen molar-refractivity contribution in [3.8, 4) is 0 Å². The first kappa shape index (κ1) is 34.6. The van der Waals surface area contributed by atoms with Crippen molar-refractivity contribution in [2.24, 2.45) is 5.92 Å². The van der Waals surface area contributed by atoms with Gasteiger partial charge in [0.2, 0.25) is 0 Å². The summed E-state index contributed by atoms with van der Waals surface area (Å²) in [5.41, 5.74) is 1.28. The summed E-state index contributed by atoms with van der Waals surface area (Å²) in [6, 6.07) is 29.4. The number of hydrogen-bond donors (Lipinski definition) is 0. The van der Waals surface area contributed by atoms with Crippen LogP contribution in [-0.4, -0.2) is 30.5 Å². The van der Waals surface area contributed by atoms with Crippen LogP contribution in [0.25, 0.3) is 0 Å². The van der Waals surface area contributed by atoms with Gasteiger partial charge >= 0.3 is 23.9 Å². The molecule has 0 radical (unpaired) electrons. The maximum Gasteiger partial charge on any atom is 0.339 e. The normalized spacial score (nSPS) is 11.3. The van der Waals surface area contributed by atoms with E-state index < -0.39 is 23.9 Å². The van der Waals surface area contributed by atoms with Crippen LogP contribution in [0.15, 0.2) is 103 Å². The lowest BCUT2D eigenvalue weighted by Gasteiger charge is -2.17. The fourth-order valence-electron chi connectivity index (χ4n) is 4.85. The molecule has 0 aliphatic carbocycles. The molecule has 0 N–H and O–H groups in total. The Kier molecular flexibility index (Phi) is 13.3. The van der Waals surface area contributed by atoms with Crippen LogP contribution < -0.4 is 0 Å². The Bertz CT molecular complexity index is 1620. The number of carbonyl (C=O) groups is 4. The van der Waals surface area contributed by atoms with Crippen molar-refractivity contribution in [1.82, 2.24) is 0 Å². The van der Waals surface area contributed by atoms with Crippen molar-refractivity contribution in [1.29, 1.82) is 0 Å². The zero-order valence-electron chi connectivity index (χ0n) is 26.8. The molecule has 0 heterocycles. The number of carbonyl (C=O) groups excluding carboxylic acids is 4. The summed E-state index contributed by atoms with van der Waals surface area (Å²) < 4.78 is 22.3. The summed E-state index contributed by atoms with van der Waals surface area (Å²) >= 11 is 0. The van der Waals surface area contributed by atoms with E-state index >= 15 is 0 Å². The Labute approximate surface area is 275 Å². The summed E-state index contributed by atoms with van der Waals surface area (Å²) in [6.07, 6.45) is 3.69. The van der Waals surface area contributed by atoms with Crippen LogP contribution in [0.4, 0.5) is 0 Å². The fourth-order valence-corrected chi connectivity index (χ4v) is 4.85. The van der Waals surface area contributed by atoms with Gasteiger partial charge < -0.3 is 18.9 Å². The van der Waals surface area contributed by atoms with E-state index in [1.807, 2.05) is 61.5 Å². The first-order valence-electron chi connectivity index (χ1n) is 15.9. The van der Waals surface area contributed by atoms with Crippen LogP contribution in [-0.2, 0) is 38.8 Å². The van der Waals surface area contributed by atoms with Crippen molar-refractivity contribution < 1.29 is 38.1 Å². The first-order chi connectivity index (χ1) is 22.9. The van der Waals surface area contributed by atoms with Crippen LogP contribution in [0.5, 0.6) is 0 Å². The lowest BCUT2D eigenvalue weighted by Crippen LogP contribution is -2.22. The van der Waals surface area contributed by atoms with E-state index in [0.717, 1.165) is 48.4 Å². The summed E-state index contributed by atoms with van der Waals surface area (Å²) in [5, 5.41) is 0. The molecule has 0 aliphatic rings. The van der Waals surface area contributed by atoms with Gasteiger partial charge in [-0.25, -0.2) is 19.2 Å². The number of benzene rings is 4. The monoisotopic (exact) mass is 636 g/mol. The van der Waals surface area contributed by atoms with E-state index in [1.54, 1.807) is 36.4 Å². The molecule has 1 unspecified atom stereocenters. The average molecular weight is 637 g/mol. The van der Waals surface area contributed by atoms with Gasteiger partial charge in [-0.2, -0.15) is 0 Å².